The summed E-state index contributed by atoms with van der Waals surface area (Å²) in [6.07, 6.45) is 0.126. The zero-order valence-electron chi connectivity index (χ0n) is 25.1. The van der Waals surface area contributed by atoms with E-state index in [1.807, 2.05) is 106 Å². The Bertz CT molecular complexity index is 1730. The number of nitrogens with one attached hydrogen (secondary N) is 3. The van der Waals surface area contributed by atoms with E-state index in [0.29, 0.717) is 35.2 Å². The minimum absolute atomic E-state index is 0.245. The third-order valence-corrected chi connectivity index (χ3v) is 9.36. The molecule has 4 aromatic rings. The number of thiophene rings is 1. The first-order chi connectivity index (χ1) is 21.6. The van der Waals surface area contributed by atoms with Crippen molar-refractivity contribution in [1.29, 1.82) is 5.26 Å². The second-order valence-corrected chi connectivity index (χ2v) is 14.0. The van der Waals surface area contributed by atoms with Crippen LogP contribution in [0.5, 0.6) is 0 Å². The molecule has 1 aliphatic heterocycles. The standard InChI is InChI=1S/C34H33N5O3S3/c1-34(2,3)42-33(41)39-18-17-26-27(20-35)31(45-28(26)21-39)38-30(40)29(22-11-6-4-7-12-22)44-25-16-10-15-24(19-25)37-32(43)36-23-13-8-5-9-14-23/h4-16,19,29H,17-18,21H2,1-3H3,(H,38,40)(H2,36,37,43). The summed E-state index contributed by atoms with van der Waals surface area (Å²) in [4.78, 5) is 30.0. The SMILES string of the molecule is CC(C)(C)OC(=O)N1CCc2c(sc(NC(=O)C(Sc3cccc(NC(=S)Nc4ccccc4)c3)c3ccccc3)c2C#N)C1. The smallest absolute Gasteiger partial charge is 0.410 e. The van der Waals surface area contributed by atoms with Gasteiger partial charge in [0.25, 0.3) is 0 Å². The fourth-order valence-electron chi connectivity index (χ4n) is 4.77. The number of carbonyl (C=O) groups is 2. The average Bonchev–Trinajstić information content (AvgIpc) is 3.36. The van der Waals surface area contributed by atoms with Gasteiger partial charge in [-0.2, -0.15) is 5.26 Å². The Hall–Kier alpha value is -4.37. The Labute approximate surface area is 276 Å². The van der Waals surface area contributed by atoms with Gasteiger partial charge in [0, 0.05) is 27.7 Å². The second kappa shape index (κ2) is 14.2. The van der Waals surface area contributed by atoms with E-state index >= 15 is 0 Å². The van der Waals surface area contributed by atoms with Gasteiger partial charge in [0.15, 0.2) is 5.11 Å². The molecule has 2 amide bonds. The molecule has 5 rings (SSSR count). The fourth-order valence-corrected chi connectivity index (χ4v) is 7.30. The lowest BCUT2D eigenvalue weighted by Gasteiger charge is -2.29. The Morgan fingerprint density at radius 1 is 0.978 bits per heavy atom. The summed E-state index contributed by atoms with van der Waals surface area (Å²) in [5.41, 5.74) is 3.22. The first kappa shape index (κ1) is 32.0. The largest absolute Gasteiger partial charge is 0.444 e. The van der Waals surface area contributed by atoms with Crippen LogP contribution < -0.4 is 16.0 Å². The minimum Gasteiger partial charge on any atom is -0.444 e. The van der Waals surface area contributed by atoms with E-state index in [1.54, 1.807) is 4.90 Å². The maximum absolute atomic E-state index is 13.9. The highest BCUT2D eigenvalue weighted by molar-refractivity contribution is 8.00. The molecule has 8 nitrogen and oxygen atoms in total. The molecule has 230 valence electrons. The van der Waals surface area contributed by atoms with Gasteiger partial charge in [0.2, 0.25) is 5.91 Å². The molecule has 0 saturated carbocycles. The van der Waals surface area contributed by atoms with Crippen molar-refractivity contribution >= 4 is 68.8 Å². The normalized spacial score (nSPS) is 13.2. The highest BCUT2D eigenvalue weighted by Gasteiger charge is 2.31. The van der Waals surface area contributed by atoms with E-state index in [9.17, 15) is 14.9 Å². The first-order valence-corrected chi connectivity index (χ1v) is 16.5. The monoisotopic (exact) mass is 655 g/mol. The number of nitrogens with zero attached hydrogens (tertiary/aromatic N) is 2. The third-order valence-electron chi connectivity index (χ3n) is 6.78. The van der Waals surface area contributed by atoms with Crippen LogP contribution >= 0.6 is 35.3 Å². The number of rotatable bonds is 7. The minimum atomic E-state index is -0.603. The molecule has 0 fully saturated rings. The van der Waals surface area contributed by atoms with Crippen molar-refractivity contribution in [3.63, 3.8) is 0 Å². The van der Waals surface area contributed by atoms with Gasteiger partial charge in [0.1, 0.15) is 21.9 Å². The van der Waals surface area contributed by atoms with Crippen molar-refractivity contribution in [2.75, 3.05) is 22.5 Å². The molecule has 1 aliphatic rings. The van der Waals surface area contributed by atoms with Gasteiger partial charge in [-0.15, -0.1) is 23.1 Å². The molecule has 3 N–H and O–H groups in total. The number of hydrogen-bond acceptors (Lipinski definition) is 7. The number of amides is 2. The molecule has 1 unspecified atom stereocenters. The lowest BCUT2D eigenvalue weighted by atomic mass is 10.0. The van der Waals surface area contributed by atoms with Crippen molar-refractivity contribution < 1.29 is 14.3 Å². The second-order valence-electron chi connectivity index (χ2n) is 11.3. The lowest BCUT2D eigenvalue weighted by Crippen LogP contribution is -2.39. The van der Waals surface area contributed by atoms with Gasteiger partial charge in [-0.05, 0) is 80.9 Å². The van der Waals surface area contributed by atoms with Crippen LogP contribution in [-0.4, -0.2) is 34.2 Å². The molecule has 0 aliphatic carbocycles. The van der Waals surface area contributed by atoms with Crippen LogP contribution in [0.25, 0.3) is 0 Å². The van der Waals surface area contributed by atoms with Gasteiger partial charge in [-0.25, -0.2) is 4.79 Å². The molecule has 3 aromatic carbocycles. The van der Waals surface area contributed by atoms with Crippen LogP contribution in [0.4, 0.5) is 21.2 Å². The van der Waals surface area contributed by atoms with E-state index in [1.165, 1.54) is 23.1 Å². The molecule has 0 saturated heterocycles. The highest BCUT2D eigenvalue weighted by Crippen LogP contribution is 2.41. The number of hydrogen-bond donors (Lipinski definition) is 3. The zero-order valence-corrected chi connectivity index (χ0v) is 27.6. The molecule has 45 heavy (non-hydrogen) atoms. The molecule has 1 aromatic heterocycles. The Balaban J connectivity index is 1.33. The first-order valence-electron chi connectivity index (χ1n) is 14.4. The van der Waals surface area contributed by atoms with Crippen LogP contribution in [0.1, 0.15) is 47.6 Å². The highest BCUT2D eigenvalue weighted by atomic mass is 32.2. The zero-order chi connectivity index (χ0) is 32.0. The van der Waals surface area contributed by atoms with Crippen molar-refractivity contribution in [3.8, 4) is 6.07 Å². The predicted octanol–water partition coefficient (Wildman–Crippen LogP) is 8.19. The van der Waals surface area contributed by atoms with Crippen LogP contribution in [0.2, 0.25) is 0 Å². The lowest BCUT2D eigenvalue weighted by molar-refractivity contribution is -0.115. The molecule has 0 spiro atoms. The van der Waals surface area contributed by atoms with E-state index in [4.69, 9.17) is 17.0 Å². The Kier molecular flexibility index (Phi) is 10.1. The van der Waals surface area contributed by atoms with Crippen molar-refractivity contribution in [2.24, 2.45) is 0 Å². The van der Waals surface area contributed by atoms with Crippen molar-refractivity contribution in [3.05, 3.63) is 106 Å². The summed E-state index contributed by atoms with van der Waals surface area (Å²) in [7, 11) is 0. The summed E-state index contributed by atoms with van der Waals surface area (Å²) in [6, 6.07) is 29.2. The molecule has 11 heteroatoms. The quantitative estimate of drug-likeness (QED) is 0.135. The summed E-state index contributed by atoms with van der Waals surface area (Å²) < 4.78 is 5.55. The average molecular weight is 656 g/mol. The number of nitriles is 1. The predicted molar refractivity (Wildman–Crippen MR) is 186 cm³/mol. The molecule has 0 bridgehead atoms. The fraction of sp³-hybridized carbons (Fsp3) is 0.235. The summed E-state index contributed by atoms with van der Waals surface area (Å²) in [5, 5.41) is 19.8. The Morgan fingerprint density at radius 2 is 1.64 bits per heavy atom. The van der Waals surface area contributed by atoms with E-state index in [-0.39, 0.29) is 12.0 Å². The molecular weight excluding hydrogens is 623 g/mol. The number of carbonyl (C=O) groups excluding carboxylic acids is 2. The molecule has 0 radical (unpaired) electrons. The van der Waals surface area contributed by atoms with Crippen LogP contribution in [0.3, 0.4) is 0 Å². The Morgan fingerprint density at radius 3 is 2.33 bits per heavy atom. The van der Waals surface area contributed by atoms with E-state index in [2.05, 4.69) is 22.0 Å². The van der Waals surface area contributed by atoms with Crippen LogP contribution in [0, 0.1) is 11.3 Å². The van der Waals surface area contributed by atoms with E-state index < -0.39 is 10.9 Å². The maximum Gasteiger partial charge on any atom is 0.410 e. The van der Waals surface area contributed by atoms with Gasteiger partial charge in [-0.1, -0.05) is 54.6 Å². The van der Waals surface area contributed by atoms with Crippen molar-refractivity contribution in [2.45, 2.75) is 49.5 Å². The third kappa shape index (κ3) is 8.42. The van der Waals surface area contributed by atoms with E-state index in [0.717, 1.165) is 32.3 Å². The summed E-state index contributed by atoms with van der Waals surface area (Å²) in [5.74, 6) is -0.245. The number of anilines is 3. The number of fused-ring (bicyclic) bond motifs is 1. The summed E-state index contributed by atoms with van der Waals surface area (Å²) >= 11 is 8.25. The van der Waals surface area contributed by atoms with Gasteiger partial charge < -0.3 is 25.6 Å². The number of thioether (sulfide) groups is 1. The van der Waals surface area contributed by atoms with Gasteiger partial charge in [-0.3, -0.25) is 4.79 Å². The van der Waals surface area contributed by atoms with Crippen LogP contribution in [-0.2, 0) is 22.5 Å². The summed E-state index contributed by atoms with van der Waals surface area (Å²) in [6.45, 7) is 6.27. The molecule has 1 atom stereocenters. The maximum atomic E-state index is 13.9. The number of para-hydroxylation sites is 1. The van der Waals surface area contributed by atoms with Gasteiger partial charge in [0.05, 0.1) is 12.1 Å². The molecular formula is C34H33N5O3S3. The molecule has 2 heterocycles. The number of ether oxygens (including phenoxy) is 1. The van der Waals surface area contributed by atoms with Gasteiger partial charge >= 0.3 is 6.09 Å². The van der Waals surface area contributed by atoms with Crippen molar-refractivity contribution in [1.82, 2.24) is 4.90 Å². The number of thiocarbonyl (C=S) groups is 1. The topological polar surface area (TPSA) is 106 Å². The van der Waals surface area contributed by atoms with Crippen LogP contribution in [0.15, 0.2) is 89.8 Å². The number of benzene rings is 3.